The third kappa shape index (κ3) is 3.07. The van der Waals surface area contributed by atoms with Crippen molar-refractivity contribution in [3.05, 3.63) is 0 Å². The quantitative estimate of drug-likeness (QED) is 0.339. The average Bonchev–Trinajstić information content (AvgIpc) is 1.31. The molecule has 0 aliphatic heterocycles. The van der Waals surface area contributed by atoms with E-state index in [1.165, 1.54) is 0 Å². The molecule has 0 fully saturated rings. The number of halogens is 5. The Morgan fingerprint density at radius 3 is 1.43 bits per heavy atom. The minimum Gasteiger partial charge on any atom is -0.226 e. The summed E-state index contributed by atoms with van der Waals surface area (Å²) in [5.74, 6) is 0. The van der Waals surface area contributed by atoms with E-state index in [1.807, 2.05) is 0 Å². The van der Waals surface area contributed by atoms with Crippen LogP contribution in [0.1, 0.15) is 0 Å². The van der Waals surface area contributed by atoms with Crippen LogP contribution in [0.25, 0.3) is 0 Å². The van der Waals surface area contributed by atoms with Gasteiger partial charge < -0.3 is 0 Å². The molecule has 0 unspecified atom stereocenters. The predicted octanol–water partition coefficient (Wildman–Crippen LogP) is 2.28. The SMILES string of the molecule is F[C@@H](I)C(F)(F)F. The molecular formula is C2HF4I. The Morgan fingerprint density at radius 1 is 1.29 bits per heavy atom. The summed E-state index contributed by atoms with van der Waals surface area (Å²) in [4.78, 5) is 0. The normalized spacial score (nSPS) is 16.7. The topological polar surface area (TPSA) is 0 Å². The molecule has 0 bridgehead atoms. The zero-order chi connectivity index (χ0) is 6.08. The zero-order valence-electron chi connectivity index (χ0n) is 2.97. The van der Waals surface area contributed by atoms with E-state index < -0.39 is 10.4 Å². The van der Waals surface area contributed by atoms with Gasteiger partial charge in [-0.3, -0.25) is 0 Å². The molecule has 1 atom stereocenters. The molecule has 0 spiro atoms. The number of rotatable bonds is 0. The highest BCUT2D eigenvalue weighted by Gasteiger charge is 2.37. The van der Waals surface area contributed by atoms with Gasteiger partial charge in [0, 0.05) is 0 Å². The van der Waals surface area contributed by atoms with E-state index in [0.29, 0.717) is 22.6 Å². The minimum atomic E-state index is -4.68. The number of hydrogen-bond donors (Lipinski definition) is 0. The van der Waals surface area contributed by atoms with Crippen LogP contribution in [-0.2, 0) is 0 Å². The second-order valence-corrected chi connectivity index (χ2v) is 1.94. The molecule has 0 N–H and O–H groups in total. The average molecular weight is 228 g/mol. The monoisotopic (exact) mass is 228 g/mol. The van der Waals surface area contributed by atoms with Crippen molar-refractivity contribution in [2.24, 2.45) is 0 Å². The van der Waals surface area contributed by atoms with E-state index in [2.05, 4.69) is 0 Å². The largest absolute Gasteiger partial charge is 0.428 e. The second-order valence-electron chi connectivity index (χ2n) is 0.842. The molecule has 0 radical (unpaired) electrons. The molecular weight excluding hydrogens is 227 g/mol. The fraction of sp³-hybridized carbons (Fsp3) is 1.00. The first-order valence-corrected chi connectivity index (χ1v) is 2.54. The molecule has 5 heteroatoms. The van der Waals surface area contributed by atoms with Gasteiger partial charge in [0.15, 0.2) is 0 Å². The van der Waals surface area contributed by atoms with Crippen LogP contribution in [0.15, 0.2) is 0 Å². The highest BCUT2D eigenvalue weighted by atomic mass is 127. The van der Waals surface area contributed by atoms with Crippen LogP contribution in [0.2, 0.25) is 0 Å². The molecule has 0 nitrogen and oxygen atoms in total. The summed E-state index contributed by atoms with van der Waals surface area (Å²) in [6.07, 6.45) is -4.68. The lowest BCUT2D eigenvalue weighted by Crippen LogP contribution is -2.17. The van der Waals surface area contributed by atoms with Gasteiger partial charge in [0.05, 0.1) is 0 Å². The lowest BCUT2D eigenvalue weighted by molar-refractivity contribution is -0.148. The summed E-state index contributed by atoms with van der Waals surface area (Å²) in [6, 6.07) is 0. The summed E-state index contributed by atoms with van der Waals surface area (Å²) < 4.78 is 40.7. The molecule has 0 amide bonds. The molecule has 0 aromatic rings. The van der Waals surface area contributed by atoms with Crippen molar-refractivity contribution in [1.82, 2.24) is 0 Å². The fourth-order valence-electron chi connectivity index (χ4n) is 0. The molecule has 0 aliphatic carbocycles. The third-order valence-corrected chi connectivity index (χ3v) is 0.954. The van der Waals surface area contributed by atoms with Gasteiger partial charge in [-0.15, -0.1) is 0 Å². The maximum atomic E-state index is 11.1. The highest BCUT2D eigenvalue weighted by molar-refractivity contribution is 14.1. The summed E-state index contributed by atoms with van der Waals surface area (Å²) in [5, 5.41) is 0. The lowest BCUT2D eigenvalue weighted by Gasteiger charge is -2.02. The second kappa shape index (κ2) is 2.15. The van der Waals surface area contributed by atoms with E-state index >= 15 is 0 Å². The van der Waals surface area contributed by atoms with Gasteiger partial charge in [0.1, 0.15) is 0 Å². The van der Waals surface area contributed by atoms with E-state index in [4.69, 9.17) is 0 Å². The van der Waals surface area contributed by atoms with Crippen LogP contribution in [0.5, 0.6) is 0 Å². The fourth-order valence-corrected chi connectivity index (χ4v) is 0. The van der Waals surface area contributed by atoms with Crippen LogP contribution in [0.3, 0.4) is 0 Å². The van der Waals surface area contributed by atoms with Crippen molar-refractivity contribution < 1.29 is 17.6 Å². The zero-order valence-corrected chi connectivity index (χ0v) is 5.12. The summed E-state index contributed by atoms with van der Waals surface area (Å²) in [7, 11) is 0. The molecule has 0 heterocycles. The van der Waals surface area contributed by atoms with Gasteiger partial charge in [-0.05, 0) is 22.6 Å². The maximum absolute atomic E-state index is 11.1. The Balaban J connectivity index is 3.54. The molecule has 0 saturated heterocycles. The van der Waals surface area contributed by atoms with Crippen molar-refractivity contribution in [2.75, 3.05) is 0 Å². The van der Waals surface area contributed by atoms with Gasteiger partial charge in [-0.2, -0.15) is 13.2 Å². The molecule has 0 aromatic heterocycles. The van der Waals surface area contributed by atoms with Gasteiger partial charge in [-0.25, -0.2) is 4.39 Å². The Kier molecular flexibility index (Phi) is 2.28. The molecule has 7 heavy (non-hydrogen) atoms. The van der Waals surface area contributed by atoms with Crippen molar-refractivity contribution in [1.29, 1.82) is 0 Å². The van der Waals surface area contributed by atoms with E-state index in [-0.39, 0.29) is 0 Å². The molecule has 0 aromatic carbocycles. The molecule has 44 valence electrons. The lowest BCUT2D eigenvalue weighted by atomic mass is 10.8. The highest BCUT2D eigenvalue weighted by Crippen LogP contribution is 2.26. The van der Waals surface area contributed by atoms with E-state index in [0.717, 1.165) is 0 Å². The first kappa shape index (κ1) is 7.45. The molecule has 0 saturated carbocycles. The van der Waals surface area contributed by atoms with Crippen LogP contribution < -0.4 is 0 Å². The Hall–Kier alpha value is 0.450. The standard InChI is InChI=1S/C2HF4I/c3-1(7)2(4,5)6/h1H/t1-/m0/s1. The number of hydrogen-bond acceptors (Lipinski definition) is 0. The van der Waals surface area contributed by atoms with E-state index in [9.17, 15) is 17.6 Å². The first-order chi connectivity index (χ1) is 2.94. The van der Waals surface area contributed by atoms with Crippen LogP contribution in [-0.4, -0.2) is 10.4 Å². The third-order valence-electron chi connectivity index (χ3n) is 0.247. The summed E-state index contributed by atoms with van der Waals surface area (Å²) in [5.41, 5.74) is 0. The van der Waals surface area contributed by atoms with E-state index in [1.54, 1.807) is 0 Å². The Labute approximate surface area is 51.0 Å². The summed E-state index contributed by atoms with van der Waals surface area (Å²) >= 11 is 0.658. The predicted molar refractivity (Wildman–Crippen MR) is 25.0 cm³/mol. The van der Waals surface area contributed by atoms with Crippen molar-refractivity contribution in [2.45, 2.75) is 10.4 Å². The van der Waals surface area contributed by atoms with Crippen LogP contribution in [0.4, 0.5) is 17.6 Å². The summed E-state index contributed by atoms with van der Waals surface area (Å²) in [6.45, 7) is 0. The van der Waals surface area contributed by atoms with Gasteiger partial charge in [0.2, 0.25) is 4.18 Å². The van der Waals surface area contributed by atoms with Crippen molar-refractivity contribution in [3.8, 4) is 0 Å². The minimum absolute atomic E-state index is 0.658. The Morgan fingerprint density at radius 2 is 1.43 bits per heavy atom. The van der Waals surface area contributed by atoms with Gasteiger partial charge >= 0.3 is 6.18 Å². The van der Waals surface area contributed by atoms with Gasteiger partial charge in [0.25, 0.3) is 0 Å². The molecule has 0 rings (SSSR count). The van der Waals surface area contributed by atoms with Crippen LogP contribution >= 0.6 is 22.6 Å². The van der Waals surface area contributed by atoms with Crippen LogP contribution in [0, 0.1) is 0 Å². The number of alkyl halides is 5. The molecule has 0 aliphatic rings. The smallest absolute Gasteiger partial charge is 0.226 e. The Bertz CT molecular complexity index is 55.2. The van der Waals surface area contributed by atoms with Gasteiger partial charge in [-0.1, -0.05) is 0 Å². The first-order valence-electron chi connectivity index (χ1n) is 1.29. The van der Waals surface area contributed by atoms with Crippen molar-refractivity contribution in [3.63, 3.8) is 0 Å². The maximum Gasteiger partial charge on any atom is 0.428 e. The van der Waals surface area contributed by atoms with Crippen molar-refractivity contribution >= 4 is 22.6 Å².